The Balaban J connectivity index is 2.12. The molecule has 84 valence electrons. The lowest BCUT2D eigenvalue weighted by Gasteiger charge is -2.19. The molecule has 0 nitrogen and oxygen atoms in total. The summed E-state index contributed by atoms with van der Waals surface area (Å²) < 4.78 is 0. The Morgan fingerprint density at radius 3 is 1.93 bits per heavy atom. The highest BCUT2D eigenvalue weighted by Crippen LogP contribution is 2.53. The maximum atomic E-state index is 2.39. The molecule has 0 spiro atoms. The fourth-order valence-electron chi connectivity index (χ4n) is 2.52. The summed E-state index contributed by atoms with van der Waals surface area (Å²) in [5, 5.41) is 0. The topological polar surface area (TPSA) is 0 Å². The van der Waals surface area contributed by atoms with E-state index in [0.29, 0.717) is 10.8 Å². The molecule has 0 amide bonds. The summed E-state index contributed by atoms with van der Waals surface area (Å²) in [5.41, 5.74) is 1.10. The molecule has 1 rings (SSSR count). The summed E-state index contributed by atoms with van der Waals surface area (Å²) in [6.45, 7) is 14.2. The molecular formula is C14H28. The summed E-state index contributed by atoms with van der Waals surface area (Å²) in [5.74, 6) is 2.07. The Hall–Kier alpha value is 0. The second-order valence-electron chi connectivity index (χ2n) is 7.42. The molecule has 0 saturated heterocycles. The fourth-order valence-corrected chi connectivity index (χ4v) is 2.52. The summed E-state index contributed by atoms with van der Waals surface area (Å²) in [6.07, 6.45) is 5.79. The van der Waals surface area contributed by atoms with Crippen LogP contribution in [0.1, 0.15) is 67.2 Å². The van der Waals surface area contributed by atoms with Gasteiger partial charge in [-0.1, -0.05) is 54.4 Å². The Morgan fingerprint density at radius 1 is 1.00 bits per heavy atom. The molecule has 1 saturated carbocycles. The predicted molar refractivity (Wildman–Crippen MR) is 64.4 cm³/mol. The largest absolute Gasteiger partial charge is 0.0602 e. The van der Waals surface area contributed by atoms with Crippen molar-refractivity contribution >= 4 is 0 Å². The second-order valence-corrected chi connectivity index (χ2v) is 7.42. The van der Waals surface area contributed by atoms with Crippen molar-refractivity contribution in [3.63, 3.8) is 0 Å². The van der Waals surface area contributed by atoms with Gasteiger partial charge in [0.05, 0.1) is 0 Å². The van der Waals surface area contributed by atoms with Crippen LogP contribution in [0.4, 0.5) is 0 Å². The van der Waals surface area contributed by atoms with Gasteiger partial charge < -0.3 is 0 Å². The van der Waals surface area contributed by atoms with E-state index >= 15 is 0 Å². The van der Waals surface area contributed by atoms with Crippen LogP contribution in [-0.4, -0.2) is 0 Å². The zero-order valence-electron chi connectivity index (χ0n) is 11.0. The highest BCUT2D eigenvalue weighted by molar-refractivity contribution is 4.93. The molecule has 0 radical (unpaired) electrons. The lowest BCUT2D eigenvalue weighted by molar-refractivity contribution is 0.311. The first-order chi connectivity index (χ1) is 6.20. The van der Waals surface area contributed by atoms with Crippen molar-refractivity contribution in [2.45, 2.75) is 67.2 Å². The van der Waals surface area contributed by atoms with Gasteiger partial charge in [0.1, 0.15) is 0 Å². The molecule has 1 aliphatic rings. The van der Waals surface area contributed by atoms with Crippen LogP contribution in [0.3, 0.4) is 0 Å². The Labute approximate surface area is 90.5 Å². The maximum Gasteiger partial charge on any atom is -0.0334 e. The fraction of sp³-hybridized carbons (Fsp3) is 1.00. The van der Waals surface area contributed by atoms with Gasteiger partial charge in [0.15, 0.2) is 0 Å². The first kappa shape index (κ1) is 12.1. The minimum atomic E-state index is 0.534. The smallest absolute Gasteiger partial charge is 0.0334 e. The van der Waals surface area contributed by atoms with Gasteiger partial charge in [-0.3, -0.25) is 0 Å². The van der Waals surface area contributed by atoms with Gasteiger partial charge in [0.2, 0.25) is 0 Å². The van der Waals surface area contributed by atoms with Gasteiger partial charge >= 0.3 is 0 Å². The molecule has 0 aromatic rings. The molecule has 1 fully saturated rings. The van der Waals surface area contributed by atoms with Crippen molar-refractivity contribution in [3.8, 4) is 0 Å². The third-order valence-corrected chi connectivity index (χ3v) is 3.54. The quantitative estimate of drug-likeness (QED) is 0.603. The minimum Gasteiger partial charge on any atom is -0.0602 e. The molecular weight excluding hydrogens is 168 g/mol. The van der Waals surface area contributed by atoms with Crippen molar-refractivity contribution in [3.05, 3.63) is 0 Å². The molecule has 2 unspecified atom stereocenters. The van der Waals surface area contributed by atoms with Crippen molar-refractivity contribution in [1.82, 2.24) is 0 Å². The monoisotopic (exact) mass is 196 g/mol. The Bertz CT molecular complexity index is 177. The summed E-state index contributed by atoms with van der Waals surface area (Å²) >= 11 is 0. The summed E-state index contributed by atoms with van der Waals surface area (Å²) in [4.78, 5) is 0. The zero-order valence-corrected chi connectivity index (χ0v) is 11.0. The molecule has 2 atom stereocenters. The van der Waals surface area contributed by atoms with Gasteiger partial charge in [-0.05, 0) is 35.5 Å². The van der Waals surface area contributed by atoms with Gasteiger partial charge in [0.25, 0.3) is 0 Å². The van der Waals surface area contributed by atoms with Gasteiger partial charge in [-0.15, -0.1) is 0 Å². The van der Waals surface area contributed by atoms with E-state index in [4.69, 9.17) is 0 Å². The van der Waals surface area contributed by atoms with Crippen LogP contribution in [0, 0.1) is 22.7 Å². The SMILES string of the molecule is CC(C)(C)CCCC1CC1C(C)(C)C. The molecule has 0 aliphatic heterocycles. The second kappa shape index (κ2) is 3.87. The third-order valence-electron chi connectivity index (χ3n) is 3.54. The van der Waals surface area contributed by atoms with E-state index in [0.717, 1.165) is 11.8 Å². The highest BCUT2D eigenvalue weighted by Gasteiger charge is 2.44. The molecule has 0 bridgehead atoms. The van der Waals surface area contributed by atoms with Gasteiger partial charge in [-0.25, -0.2) is 0 Å². The van der Waals surface area contributed by atoms with Crippen LogP contribution in [0.2, 0.25) is 0 Å². The molecule has 0 N–H and O–H groups in total. The normalized spacial score (nSPS) is 27.9. The Morgan fingerprint density at radius 2 is 1.57 bits per heavy atom. The number of hydrogen-bond acceptors (Lipinski definition) is 0. The minimum absolute atomic E-state index is 0.534. The molecule has 0 aromatic heterocycles. The Kier molecular flexibility index (Phi) is 3.33. The van der Waals surface area contributed by atoms with Gasteiger partial charge in [-0.2, -0.15) is 0 Å². The maximum absolute atomic E-state index is 2.39. The van der Waals surface area contributed by atoms with E-state index in [-0.39, 0.29) is 0 Å². The van der Waals surface area contributed by atoms with Gasteiger partial charge in [0, 0.05) is 0 Å². The van der Waals surface area contributed by atoms with E-state index in [1.807, 2.05) is 0 Å². The summed E-state index contributed by atoms with van der Waals surface area (Å²) in [7, 11) is 0. The van der Waals surface area contributed by atoms with E-state index in [9.17, 15) is 0 Å². The lowest BCUT2D eigenvalue weighted by atomic mass is 9.86. The average Bonchev–Trinajstić information content (AvgIpc) is 2.61. The first-order valence-electron chi connectivity index (χ1n) is 6.20. The van der Waals surface area contributed by atoms with Crippen molar-refractivity contribution in [2.75, 3.05) is 0 Å². The van der Waals surface area contributed by atoms with E-state index < -0.39 is 0 Å². The van der Waals surface area contributed by atoms with Crippen LogP contribution >= 0.6 is 0 Å². The van der Waals surface area contributed by atoms with Crippen LogP contribution in [0.15, 0.2) is 0 Å². The van der Waals surface area contributed by atoms with Crippen LogP contribution in [0.25, 0.3) is 0 Å². The van der Waals surface area contributed by atoms with Crippen LogP contribution in [0.5, 0.6) is 0 Å². The molecule has 0 heterocycles. The average molecular weight is 196 g/mol. The van der Waals surface area contributed by atoms with E-state index in [1.54, 1.807) is 0 Å². The van der Waals surface area contributed by atoms with Crippen molar-refractivity contribution in [2.24, 2.45) is 22.7 Å². The van der Waals surface area contributed by atoms with Crippen LogP contribution < -0.4 is 0 Å². The lowest BCUT2D eigenvalue weighted by Crippen LogP contribution is -2.10. The van der Waals surface area contributed by atoms with Crippen molar-refractivity contribution < 1.29 is 0 Å². The molecule has 1 aliphatic carbocycles. The highest BCUT2D eigenvalue weighted by atomic mass is 14.5. The molecule has 0 heteroatoms. The zero-order chi connectivity index (χ0) is 11.0. The third kappa shape index (κ3) is 4.02. The van der Waals surface area contributed by atoms with Crippen molar-refractivity contribution in [1.29, 1.82) is 0 Å². The molecule has 0 aromatic carbocycles. The van der Waals surface area contributed by atoms with Crippen LogP contribution in [-0.2, 0) is 0 Å². The number of hydrogen-bond donors (Lipinski definition) is 0. The molecule has 14 heavy (non-hydrogen) atoms. The van der Waals surface area contributed by atoms with E-state index in [1.165, 1.54) is 25.7 Å². The number of rotatable bonds is 3. The summed E-state index contributed by atoms with van der Waals surface area (Å²) in [6, 6.07) is 0. The standard InChI is InChI=1S/C14H28/c1-13(2,3)9-7-8-11-10-12(11)14(4,5)6/h11-12H,7-10H2,1-6H3. The predicted octanol–water partition coefficient (Wildman–Crippen LogP) is 4.89. The van der Waals surface area contributed by atoms with E-state index in [2.05, 4.69) is 41.5 Å². The first-order valence-corrected chi connectivity index (χ1v) is 6.20.